The zero-order valence-electron chi connectivity index (χ0n) is 34.1. The molecule has 3 heterocycles. The van der Waals surface area contributed by atoms with Crippen LogP contribution in [0.2, 0.25) is 0 Å². The summed E-state index contributed by atoms with van der Waals surface area (Å²) in [6, 6.07) is 21.2. The van der Waals surface area contributed by atoms with Gasteiger partial charge in [0.1, 0.15) is 5.82 Å². The molecule has 1 amide bonds. The maximum atomic E-state index is 15.0. The number of methoxy groups -OCH3 is 3. The van der Waals surface area contributed by atoms with Crippen LogP contribution in [0.5, 0.6) is 17.2 Å². The van der Waals surface area contributed by atoms with Gasteiger partial charge in [-0.2, -0.15) is 8.42 Å². The molecular formula is C44H50F3N5O7S. The van der Waals surface area contributed by atoms with Gasteiger partial charge >= 0.3 is 0 Å². The Morgan fingerprint density at radius 3 is 2.22 bits per heavy atom. The summed E-state index contributed by atoms with van der Waals surface area (Å²) in [4.78, 5) is 22.9. The molecule has 5 aromatic rings. The van der Waals surface area contributed by atoms with Gasteiger partial charge in [0.2, 0.25) is 11.7 Å². The molecule has 0 bridgehead atoms. The lowest BCUT2D eigenvalue weighted by atomic mass is 9.75. The van der Waals surface area contributed by atoms with Gasteiger partial charge < -0.3 is 33.9 Å². The van der Waals surface area contributed by atoms with Crippen molar-refractivity contribution in [2.75, 3.05) is 59.1 Å². The van der Waals surface area contributed by atoms with Gasteiger partial charge in [-0.05, 0) is 105 Å². The molecule has 16 heteroatoms. The molecule has 12 nitrogen and oxygen atoms in total. The van der Waals surface area contributed by atoms with Crippen molar-refractivity contribution in [2.24, 2.45) is 0 Å². The number of halogens is 3. The quantitative estimate of drug-likeness (QED) is 0.102. The van der Waals surface area contributed by atoms with E-state index in [2.05, 4.69) is 20.9 Å². The normalized spacial score (nSPS) is 18.9. The lowest BCUT2D eigenvalue weighted by Gasteiger charge is -2.40. The van der Waals surface area contributed by atoms with Crippen molar-refractivity contribution < 1.29 is 44.8 Å². The molecule has 1 N–H and O–H groups in total. The zero-order valence-corrected chi connectivity index (χ0v) is 34.9. The monoisotopic (exact) mass is 849 g/mol. The Balaban J connectivity index is 1.09. The van der Waals surface area contributed by atoms with Gasteiger partial charge in [0.15, 0.2) is 29.4 Å². The van der Waals surface area contributed by atoms with Crippen molar-refractivity contribution in [1.82, 2.24) is 19.4 Å². The molecule has 320 valence electrons. The molecule has 2 fully saturated rings. The molecule has 0 radical (unpaired) electrons. The van der Waals surface area contributed by atoms with Gasteiger partial charge in [-0.25, -0.2) is 22.3 Å². The third-order valence-corrected chi connectivity index (χ3v) is 12.2. The number of nitrogens with one attached hydrogen (secondary N) is 1. The predicted octanol–water partition coefficient (Wildman–Crippen LogP) is 7.17. The van der Waals surface area contributed by atoms with Crippen molar-refractivity contribution in [1.29, 1.82) is 0 Å². The fraction of sp³-hybridized carbons (Fsp3) is 0.409. The summed E-state index contributed by atoms with van der Waals surface area (Å²) in [6.45, 7) is 2.64. The molecule has 2 aliphatic rings. The van der Waals surface area contributed by atoms with Crippen LogP contribution >= 0.6 is 0 Å². The number of amides is 1. The fourth-order valence-electron chi connectivity index (χ4n) is 8.58. The summed E-state index contributed by atoms with van der Waals surface area (Å²) in [5.74, 6) is -1.45. The lowest BCUT2D eigenvalue weighted by molar-refractivity contribution is 0.0137. The van der Waals surface area contributed by atoms with Gasteiger partial charge in [0.25, 0.3) is 16.0 Å². The molecule has 4 aromatic carbocycles. The Bertz CT molecular complexity index is 2400. The predicted molar refractivity (Wildman–Crippen MR) is 222 cm³/mol. The Morgan fingerprint density at radius 1 is 0.867 bits per heavy atom. The minimum Gasteiger partial charge on any atom is -0.493 e. The number of benzene rings is 4. The summed E-state index contributed by atoms with van der Waals surface area (Å²) in [7, 11) is 0.0908. The van der Waals surface area contributed by atoms with E-state index in [0.717, 1.165) is 73.2 Å². The van der Waals surface area contributed by atoms with Crippen LogP contribution < -0.4 is 19.5 Å². The first-order chi connectivity index (χ1) is 28.8. The number of aryl methyl sites for hydroxylation is 2. The second-order valence-electron chi connectivity index (χ2n) is 15.4. The first-order valence-corrected chi connectivity index (χ1v) is 21.8. The molecule has 2 aliphatic heterocycles. The summed E-state index contributed by atoms with van der Waals surface area (Å²) >= 11 is 0. The van der Waals surface area contributed by atoms with Gasteiger partial charge in [-0.15, -0.1) is 0 Å². The molecule has 0 spiro atoms. The van der Waals surface area contributed by atoms with E-state index in [1.807, 2.05) is 30.3 Å². The average Bonchev–Trinajstić information content (AvgIpc) is 3.78. The Labute approximate surface area is 348 Å². The summed E-state index contributed by atoms with van der Waals surface area (Å²) < 4.78 is 93.1. The van der Waals surface area contributed by atoms with Gasteiger partial charge in [-0.1, -0.05) is 30.3 Å². The van der Waals surface area contributed by atoms with Crippen molar-refractivity contribution in [3.05, 3.63) is 113 Å². The van der Waals surface area contributed by atoms with Crippen LogP contribution in [0.3, 0.4) is 0 Å². The second kappa shape index (κ2) is 18.1. The van der Waals surface area contributed by atoms with E-state index in [9.17, 15) is 22.0 Å². The standard InChI is InChI=1S/C44H50F3N5O7S/c1-56-38-26-30(27-39(57-2)40(38)58-3)41(53)52-25-20-44(42(52)59-60(4,54)55,31-13-16-34(46)35(47)28-31)19-24-50-22-17-33(18-23-50)48-43-49-36-9-5-6-10-37(36)51(43)21-7-8-29-11-14-32(45)15-12-29/h5-6,9-16,26-28,33,42H,7-8,17-25H2,1-4H3,(H,48,49). The molecule has 0 saturated carbocycles. The van der Waals surface area contributed by atoms with Crippen molar-refractivity contribution in [3.8, 4) is 17.2 Å². The number of carbonyl (C=O) groups excluding carboxylic acids is 1. The number of likely N-dealkylation sites (tertiary alicyclic amines) is 2. The van der Waals surface area contributed by atoms with Crippen LogP contribution in [0.1, 0.15) is 53.6 Å². The molecule has 2 atom stereocenters. The smallest absolute Gasteiger partial charge is 0.266 e. The molecule has 60 heavy (non-hydrogen) atoms. The van der Waals surface area contributed by atoms with Gasteiger partial charge in [0, 0.05) is 43.2 Å². The van der Waals surface area contributed by atoms with E-state index in [4.69, 9.17) is 23.4 Å². The van der Waals surface area contributed by atoms with E-state index in [0.29, 0.717) is 25.2 Å². The van der Waals surface area contributed by atoms with E-state index in [1.54, 1.807) is 0 Å². The average molecular weight is 850 g/mol. The van der Waals surface area contributed by atoms with Crippen LogP contribution in [0.4, 0.5) is 19.1 Å². The summed E-state index contributed by atoms with van der Waals surface area (Å²) in [6.07, 6.45) is 3.21. The second-order valence-corrected chi connectivity index (χ2v) is 17.0. The van der Waals surface area contributed by atoms with Crippen LogP contribution in [-0.2, 0) is 32.7 Å². The number of piperidine rings is 1. The number of aromatic nitrogens is 2. The Hall–Kier alpha value is -5.32. The number of carbonyl (C=O) groups is 1. The molecule has 2 unspecified atom stereocenters. The zero-order chi connectivity index (χ0) is 42.6. The number of ether oxygens (including phenoxy) is 3. The molecule has 1 aromatic heterocycles. The van der Waals surface area contributed by atoms with Gasteiger partial charge in [0.05, 0.1) is 38.6 Å². The van der Waals surface area contributed by atoms with Crippen LogP contribution in [-0.4, -0.2) is 99.7 Å². The number of imidazole rings is 1. The van der Waals surface area contributed by atoms with E-state index >= 15 is 4.39 Å². The first kappa shape index (κ1) is 42.8. The number of hydrogen-bond donors (Lipinski definition) is 1. The topological polar surface area (TPSA) is 124 Å². The van der Waals surface area contributed by atoms with Crippen LogP contribution in [0, 0.1) is 17.5 Å². The first-order valence-electron chi connectivity index (χ1n) is 20.0. The number of hydrogen-bond acceptors (Lipinski definition) is 10. The third-order valence-electron chi connectivity index (χ3n) is 11.7. The van der Waals surface area contributed by atoms with E-state index in [-0.39, 0.29) is 54.1 Å². The number of fused-ring (bicyclic) bond motifs is 1. The summed E-state index contributed by atoms with van der Waals surface area (Å²) in [5, 5.41) is 3.69. The SMILES string of the molecule is COc1cc(C(=O)N2CCC(CCN3CCC(Nc4nc5ccccc5n4CCCc4ccc(F)cc4)CC3)(c3ccc(F)c(F)c3)C2OS(C)(=O)=O)cc(OC)c1OC. The number of para-hydroxylation sites is 2. The maximum absolute atomic E-state index is 15.0. The minimum absolute atomic E-state index is 0.0611. The number of nitrogens with zero attached hydrogens (tertiary/aromatic N) is 4. The highest BCUT2D eigenvalue weighted by molar-refractivity contribution is 7.86. The molecule has 0 aliphatic carbocycles. The van der Waals surface area contributed by atoms with Crippen molar-refractivity contribution >= 4 is 33.0 Å². The minimum atomic E-state index is -4.18. The molecular weight excluding hydrogens is 800 g/mol. The lowest BCUT2D eigenvalue weighted by Crippen LogP contribution is -2.50. The highest BCUT2D eigenvalue weighted by atomic mass is 32.2. The van der Waals surface area contributed by atoms with Crippen LogP contribution in [0.25, 0.3) is 11.0 Å². The highest BCUT2D eigenvalue weighted by Gasteiger charge is 2.53. The third kappa shape index (κ3) is 9.20. The largest absolute Gasteiger partial charge is 0.493 e. The maximum Gasteiger partial charge on any atom is 0.266 e. The van der Waals surface area contributed by atoms with Crippen LogP contribution in [0.15, 0.2) is 78.9 Å². The molecule has 7 rings (SSSR count). The Morgan fingerprint density at radius 2 is 1.57 bits per heavy atom. The van der Waals surface area contributed by atoms with E-state index in [1.165, 1.54) is 56.6 Å². The van der Waals surface area contributed by atoms with E-state index < -0.39 is 39.3 Å². The van der Waals surface area contributed by atoms with Crippen molar-refractivity contribution in [2.45, 2.75) is 62.8 Å². The van der Waals surface area contributed by atoms with Crippen molar-refractivity contribution in [3.63, 3.8) is 0 Å². The Kier molecular flexibility index (Phi) is 12.9. The number of anilines is 1. The molecule has 2 saturated heterocycles. The van der Waals surface area contributed by atoms with Gasteiger partial charge in [-0.3, -0.25) is 4.79 Å². The number of rotatable bonds is 16. The summed E-state index contributed by atoms with van der Waals surface area (Å²) in [5.41, 5.74) is 2.20. The fourth-order valence-corrected chi connectivity index (χ4v) is 9.20. The highest BCUT2D eigenvalue weighted by Crippen LogP contribution is 2.46.